The predicted molar refractivity (Wildman–Crippen MR) is 106 cm³/mol. The van der Waals surface area contributed by atoms with Gasteiger partial charge < -0.3 is 15.0 Å². The molecule has 4 rings (SSSR count). The van der Waals surface area contributed by atoms with Gasteiger partial charge in [-0.3, -0.25) is 4.79 Å². The molecule has 0 bridgehead atoms. The first-order valence-corrected chi connectivity index (χ1v) is 10.1. The van der Waals surface area contributed by atoms with Gasteiger partial charge in [-0.15, -0.1) is 5.10 Å². The van der Waals surface area contributed by atoms with E-state index in [1.54, 1.807) is 0 Å². The highest BCUT2D eigenvalue weighted by Gasteiger charge is 2.40. The van der Waals surface area contributed by atoms with Crippen molar-refractivity contribution in [3.8, 4) is 0 Å². The molecule has 150 valence electrons. The van der Waals surface area contributed by atoms with Crippen molar-refractivity contribution < 1.29 is 9.53 Å². The normalized spacial score (nSPS) is 23.0. The van der Waals surface area contributed by atoms with Gasteiger partial charge in [0.05, 0.1) is 30.4 Å². The third kappa shape index (κ3) is 3.56. The molecule has 0 radical (unpaired) electrons. The summed E-state index contributed by atoms with van der Waals surface area (Å²) in [6.07, 6.45) is 1.89. The molecule has 2 fully saturated rings. The molecule has 1 amide bonds. The third-order valence-corrected chi connectivity index (χ3v) is 5.92. The van der Waals surface area contributed by atoms with Crippen LogP contribution in [0.5, 0.6) is 0 Å². The smallest absolute Gasteiger partial charge is 0.276 e. The number of amides is 1. The maximum atomic E-state index is 13.5. The van der Waals surface area contributed by atoms with Crippen molar-refractivity contribution in [2.24, 2.45) is 0 Å². The Hall–Kier alpha value is -2.25. The maximum Gasteiger partial charge on any atom is 0.276 e. The third-order valence-electron chi connectivity index (χ3n) is 5.92. The number of morpholine rings is 1. The average Bonchev–Trinajstić information content (AvgIpc) is 3.10. The summed E-state index contributed by atoms with van der Waals surface area (Å²) in [5.41, 5.74) is 2.01. The van der Waals surface area contributed by atoms with E-state index in [-0.39, 0.29) is 12.0 Å². The fourth-order valence-electron chi connectivity index (χ4n) is 4.14. The number of piperidine rings is 1. The maximum absolute atomic E-state index is 13.5. The number of ether oxygens (including phenoxy) is 1. The van der Waals surface area contributed by atoms with E-state index < -0.39 is 5.54 Å². The molecule has 0 aliphatic carbocycles. The fourth-order valence-corrected chi connectivity index (χ4v) is 4.14. The van der Waals surface area contributed by atoms with Gasteiger partial charge in [0, 0.05) is 0 Å². The SMILES string of the molecule is Cc1c(C(=O)N2CC(c3ccccc3)OCC2(C)C)nnn1C1CCNCC1. The summed E-state index contributed by atoms with van der Waals surface area (Å²) in [6, 6.07) is 10.4. The second-order valence-corrected chi connectivity index (χ2v) is 8.39. The van der Waals surface area contributed by atoms with Crippen LogP contribution in [0, 0.1) is 6.92 Å². The first-order valence-electron chi connectivity index (χ1n) is 10.1. The summed E-state index contributed by atoms with van der Waals surface area (Å²) in [7, 11) is 0. The minimum Gasteiger partial charge on any atom is -0.369 e. The molecular formula is C21H29N5O2. The van der Waals surface area contributed by atoms with Gasteiger partial charge >= 0.3 is 0 Å². The molecule has 1 unspecified atom stereocenters. The Bertz CT molecular complexity index is 827. The van der Waals surface area contributed by atoms with Crippen LogP contribution in [-0.4, -0.2) is 57.6 Å². The van der Waals surface area contributed by atoms with Crippen molar-refractivity contribution >= 4 is 5.91 Å². The van der Waals surface area contributed by atoms with Gasteiger partial charge in [-0.05, 0) is 52.3 Å². The summed E-state index contributed by atoms with van der Waals surface area (Å²) >= 11 is 0. The summed E-state index contributed by atoms with van der Waals surface area (Å²) in [5.74, 6) is -0.0630. The highest BCUT2D eigenvalue weighted by atomic mass is 16.5. The van der Waals surface area contributed by atoms with E-state index >= 15 is 0 Å². The molecule has 1 atom stereocenters. The van der Waals surface area contributed by atoms with Crippen LogP contribution in [0.4, 0.5) is 0 Å². The molecule has 3 heterocycles. The van der Waals surface area contributed by atoms with E-state index in [2.05, 4.69) is 15.6 Å². The van der Waals surface area contributed by atoms with Crippen LogP contribution in [0.25, 0.3) is 0 Å². The van der Waals surface area contributed by atoms with Crippen LogP contribution >= 0.6 is 0 Å². The monoisotopic (exact) mass is 383 g/mol. The predicted octanol–water partition coefficient (Wildman–Crippen LogP) is 2.50. The van der Waals surface area contributed by atoms with Crippen LogP contribution in [0.3, 0.4) is 0 Å². The number of rotatable bonds is 3. The van der Waals surface area contributed by atoms with Crippen molar-refractivity contribution in [1.29, 1.82) is 0 Å². The molecule has 28 heavy (non-hydrogen) atoms. The van der Waals surface area contributed by atoms with E-state index in [1.165, 1.54) is 0 Å². The zero-order valence-electron chi connectivity index (χ0n) is 16.9. The number of benzene rings is 1. The Morgan fingerprint density at radius 3 is 2.64 bits per heavy atom. The van der Waals surface area contributed by atoms with Crippen LogP contribution in [0.15, 0.2) is 30.3 Å². The van der Waals surface area contributed by atoms with Crippen molar-refractivity contribution in [1.82, 2.24) is 25.2 Å². The quantitative estimate of drug-likeness (QED) is 0.882. The molecule has 1 aromatic carbocycles. The van der Waals surface area contributed by atoms with Crippen molar-refractivity contribution in [2.75, 3.05) is 26.2 Å². The van der Waals surface area contributed by atoms with E-state index in [9.17, 15) is 4.79 Å². The molecule has 2 saturated heterocycles. The van der Waals surface area contributed by atoms with E-state index in [1.807, 2.05) is 60.7 Å². The zero-order valence-corrected chi connectivity index (χ0v) is 16.9. The number of nitrogens with zero attached hydrogens (tertiary/aromatic N) is 4. The number of aromatic nitrogens is 3. The standard InChI is InChI=1S/C21H29N5O2/c1-15-19(23-24-26(15)17-9-11-22-12-10-17)20(27)25-13-18(28-14-21(25,2)3)16-7-5-4-6-8-16/h4-8,17-18,22H,9-14H2,1-3H3. The van der Waals surface area contributed by atoms with Gasteiger partial charge in [-0.2, -0.15) is 0 Å². The lowest BCUT2D eigenvalue weighted by molar-refractivity contribution is -0.0848. The Balaban J connectivity index is 1.58. The molecule has 7 nitrogen and oxygen atoms in total. The van der Waals surface area contributed by atoms with Crippen molar-refractivity contribution in [3.05, 3.63) is 47.3 Å². The lowest BCUT2D eigenvalue weighted by atomic mass is 9.97. The molecule has 7 heteroatoms. The minimum absolute atomic E-state index is 0.0630. The lowest BCUT2D eigenvalue weighted by Crippen LogP contribution is -2.56. The molecule has 2 aliphatic heterocycles. The summed E-state index contributed by atoms with van der Waals surface area (Å²) < 4.78 is 8.02. The highest BCUT2D eigenvalue weighted by molar-refractivity contribution is 5.93. The topological polar surface area (TPSA) is 72.3 Å². The molecule has 1 N–H and O–H groups in total. The Morgan fingerprint density at radius 2 is 1.93 bits per heavy atom. The molecule has 2 aromatic rings. The number of nitrogens with one attached hydrogen (secondary N) is 1. The van der Waals surface area contributed by atoms with Gasteiger partial charge in [0.25, 0.3) is 5.91 Å². The second kappa shape index (κ2) is 7.64. The Morgan fingerprint density at radius 1 is 1.21 bits per heavy atom. The molecule has 0 saturated carbocycles. The first kappa shape index (κ1) is 19.1. The second-order valence-electron chi connectivity index (χ2n) is 8.39. The van der Waals surface area contributed by atoms with Gasteiger partial charge in [-0.25, -0.2) is 4.68 Å². The van der Waals surface area contributed by atoms with Crippen molar-refractivity contribution in [2.45, 2.75) is 51.3 Å². The molecule has 1 aromatic heterocycles. The van der Waals surface area contributed by atoms with Gasteiger partial charge in [-0.1, -0.05) is 35.5 Å². The summed E-state index contributed by atoms with van der Waals surface area (Å²) in [5, 5.41) is 12.0. The van der Waals surface area contributed by atoms with Crippen LogP contribution in [0.1, 0.15) is 60.6 Å². The van der Waals surface area contributed by atoms with Crippen molar-refractivity contribution in [3.63, 3.8) is 0 Å². The van der Waals surface area contributed by atoms with E-state index in [0.717, 1.165) is 37.2 Å². The summed E-state index contributed by atoms with van der Waals surface area (Å²) in [4.78, 5) is 15.4. The van der Waals surface area contributed by atoms with E-state index in [0.29, 0.717) is 24.9 Å². The first-order chi connectivity index (χ1) is 13.5. The van der Waals surface area contributed by atoms with Crippen LogP contribution < -0.4 is 5.32 Å². The zero-order chi connectivity index (χ0) is 19.7. The van der Waals surface area contributed by atoms with E-state index in [4.69, 9.17) is 4.74 Å². The van der Waals surface area contributed by atoms with Crippen LogP contribution in [-0.2, 0) is 4.74 Å². The van der Waals surface area contributed by atoms with Crippen LogP contribution in [0.2, 0.25) is 0 Å². The largest absolute Gasteiger partial charge is 0.369 e. The molecule has 2 aliphatic rings. The molecule has 0 spiro atoms. The highest BCUT2D eigenvalue weighted by Crippen LogP contribution is 2.32. The van der Waals surface area contributed by atoms with Gasteiger partial charge in [0.1, 0.15) is 6.10 Å². The average molecular weight is 383 g/mol. The fraction of sp³-hybridized carbons (Fsp3) is 0.571. The van der Waals surface area contributed by atoms with Gasteiger partial charge in [0.15, 0.2) is 5.69 Å². The molecular weight excluding hydrogens is 354 g/mol. The number of hydrogen-bond donors (Lipinski definition) is 1. The Labute approximate surface area is 166 Å². The lowest BCUT2D eigenvalue weighted by Gasteiger charge is -2.45. The summed E-state index contributed by atoms with van der Waals surface area (Å²) in [6.45, 7) is 8.98. The number of hydrogen-bond acceptors (Lipinski definition) is 5. The van der Waals surface area contributed by atoms with Gasteiger partial charge in [0.2, 0.25) is 0 Å². The number of carbonyl (C=O) groups is 1. The number of carbonyl (C=O) groups excluding carboxylic acids is 1. The Kier molecular flexibility index (Phi) is 5.21. The minimum atomic E-state index is -0.395.